The van der Waals surface area contributed by atoms with Crippen LogP contribution in [0.4, 0.5) is 0 Å². The van der Waals surface area contributed by atoms with Gasteiger partial charge < -0.3 is 10.0 Å². The van der Waals surface area contributed by atoms with E-state index < -0.39 is 0 Å². The highest BCUT2D eigenvalue weighted by Gasteiger charge is 2.26. The fourth-order valence-electron chi connectivity index (χ4n) is 2.59. The summed E-state index contributed by atoms with van der Waals surface area (Å²) in [4.78, 5) is 18.2. The number of pyridine rings is 1. The van der Waals surface area contributed by atoms with Crippen LogP contribution in [-0.2, 0) is 0 Å². The fraction of sp³-hybridized carbons (Fsp3) is 0.571. The molecule has 1 aromatic rings. The second kappa shape index (κ2) is 5.85. The molecule has 0 bridgehead atoms. The topological polar surface area (TPSA) is 53.4 Å². The average molecular weight is 248 g/mol. The van der Waals surface area contributed by atoms with Crippen LogP contribution in [0.3, 0.4) is 0 Å². The van der Waals surface area contributed by atoms with E-state index in [1.807, 2.05) is 4.90 Å². The molecule has 0 spiro atoms. The van der Waals surface area contributed by atoms with E-state index in [1.165, 1.54) is 19.0 Å². The van der Waals surface area contributed by atoms with E-state index in [4.69, 9.17) is 0 Å². The molecule has 4 heteroatoms. The van der Waals surface area contributed by atoms with Gasteiger partial charge in [-0.1, -0.05) is 19.8 Å². The number of amides is 1. The van der Waals surface area contributed by atoms with Crippen molar-refractivity contribution >= 4 is 5.91 Å². The Balaban J connectivity index is 2.23. The molecule has 1 unspecified atom stereocenters. The van der Waals surface area contributed by atoms with Gasteiger partial charge in [-0.25, -0.2) is 0 Å². The Morgan fingerprint density at radius 1 is 1.50 bits per heavy atom. The molecule has 4 nitrogen and oxygen atoms in total. The minimum absolute atomic E-state index is 0.0263. The molecule has 1 aliphatic rings. The Hall–Kier alpha value is -1.58. The Morgan fingerprint density at radius 2 is 2.33 bits per heavy atom. The molecule has 18 heavy (non-hydrogen) atoms. The standard InChI is InChI=1S/C14H20N2O2/c1-2-11-6-4-3-5-9-16(11)14(18)12-7-8-15-10-13(12)17/h7-8,10-11,17H,2-6,9H2,1H3. The third kappa shape index (κ3) is 2.63. The number of carbonyl (C=O) groups is 1. The molecule has 0 radical (unpaired) electrons. The first-order chi connectivity index (χ1) is 8.74. The highest BCUT2D eigenvalue weighted by Crippen LogP contribution is 2.24. The maximum atomic E-state index is 12.5. The first kappa shape index (κ1) is 12.9. The quantitative estimate of drug-likeness (QED) is 0.875. The maximum Gasteiger partial charge on any atom is 0.257 e. The number of carbonyl (C=O) groups excluding carboxylic acids is 1. The molecule has 98 valence electrons. The molecule has 1 aliphatic heterocycles. The molecule has 0 aliphatic carbocycles. The van der Waals surface area contributed by atoms with Crippen molar-refractivity contribution in [2.24, 2.45) is 0 Å². The normalized spacial score (nSPS) is 20.5. The lowest BCUT2D eigenvalue weighted by molar-refractivity contribution is 0.0675. The molecule has 1 aromatic heterocycles. The van der Waals surface area contributed by atoms with Crippen LogP contribution in [0.1, 0.15) is 49.4 Å². The largest absolute Gasteiger partial charge is 0.505 e. The molecule has 1 atom stereocenters. The van der Waals surface area contributed by atoms with E-state index >= 15 is 0 Å². The van der Waals surface area contributed by atoms with Gasteiger partial charge in [0, 0.05) is 18.8 Å². The smallest absolute Gasteiger partial charge is 0.257 e. The van der Waals surface area contributed by atoms with Gasteiger partial charge >= 0.3 is 0 Å². The Kier molecular flexibility index (Phi) is 4.18. The molecule has 1 saturated heterocycles. The van der Waals surface area contributed by atoms with E-state index in [2.05, 4.69) is 11.9 Å². The first-order valence-corrected chi connectivity index (χ1v) is 6.68. The van der Waals surface area contributed by atoms with Gasteiger partial charge in [0.1, 0.15) is 5.75 Å². The van der Waals surface area contributed by atoms with Crippen LogP contribution in [0.5, 0.6) is 5.75 Å². The van der Waals surface area contributed by atoms with Gasteiger partial charge in [-0.2, -0.15) is 0 Å². The number of nitrogens with zero attached hydrogens (tertiary/aromatic N) is 2. The molecular weight excluding hydrogens is 228 g/mol. The van der Waals surface area contributed by atoms with Gasteiger partial charge in [0.05, 0.1) is 11.8 Å². The van der Waals surface area contributed by atoms with Gasteiger partial charge in [0.25, 0.3) is 5.91 Å². The molecule has 0 saturated carbocycles. The molecule has 1 amide bonds. The number of hydrogen-bond donors (Lipinski definition) is 1. The molecule has 2 rings (SSSR count). The zero-order chi connectivity index (χ0) is 13.0. The van der Waals surface area contributed by atoms with Crippen molar-refractivity contribution in [3.05, 3.63) is 24.0 Å². The summed E-state index contributed by atoms with van der Waals surface area (Å²) in [5, 5.41) is 9.73. The van der Waals surface area contributed by atoms with Crippen LogP contribution in [-0.4, -0.2) is 33.5 Å². The molecular formula is C14H20N2O2. The molecule has 1 fully saturated rings. The minimum Gasteiger partial charge on any atom is -0.505 e. The molecule has 0 aromatic carbocycles. The van der Waals surface area contributed by atoms with E-state index in [0.717, 1.165) is 25.8 Å². The Labute approximate surface area is 108 Å². The van der Waals surface area contributed by atoms with Gasteiger partial charge in [0.2, 0.25) is 0 Å². The first-order valence-electron chi connectivity index (χ1n) is 6.68. The van der Waals surface area contributed by atoms with Crippen molar-refractivity contribution in [3.63, 3.8) is 0 Å². The van der Waals surface area contributed by atoms with Crippen molar-refractivity contribution in [1.29, 1.82) is 0 Å². The summed E-state index contributed by atoms with van der Waals surface area (Å²) in [7, 11) is 0. The lowest BCUT2D eigenvalue weighted by Crippen LogP contribution is -2.39. The maximum absolute atomic E-state index is 12.5. The lowest BCUT2D eigenvalue weighted by Gasteiger charge is -2.29. The SMILES string of the molecule is CCC1CCCCCN1C(=O)c1ccncc1O. The summed E-state index contributed by atoms with van der Waals surface area (Å²) in [6, 6.07) is 1.89. The number of likely N-dealkylation sites (tertiary alicyclic amines) is 1. The fourth-order valence-corrected chi connectivity index (χ4v) is 2.59. The predicted molar refractivity (Wildman–Crippen MR) is 69.5 cm³/mol. The third-order valence-electron chi connectivity index (χ3n) is 3.64. The lowest BCUT2D eigenvalue weighted by atomic mass is 10.1. The van der Waals surface area contributed by atoms with Crippen LogP contribution in [0, 0.1) is 0 Å². The minimum atomic E-state index is -0.0661. The van der Waals surface area contributed by atoms with E-state index in [1.54, 1.807) is 12.3 Å². The van der Waals surface area contributed by atoms with Crippen molar-refractivity contribution < 1.29 is 9.90 Å². The summed E-state index contributed by atoms with van der Waals surface area (Å²) < 4.78 is 0. The monoisotopic (exact) mass is 248 g/mol. The summed E-state index contributed by atoms with van der Waals surface area (Å²) in [5.41, 5.74) is 0.366. The zero-order valence-corrected chi connectivity index (χ0v) is 10.8. The second-order valence-electron chi connectivity index (χ2n) is 4.80. The Bertz CT molecular complexity index is 420. The van der Waals surface area contributed by atoms with Crippen LogP contribution < -0.4 is 0 Å². The van der Waals surface area contributed by atoms with Gasteiger partial charge in [-0.05, 0) is 25.3 Å². The third-order valence-corrected chi connectivity index (χ3v) is 3.64. The zero-order valence-electron chi connectivity index (χ0n) is 10.8. The molecule has 2 heterocycles. The van der Waals surface area contributed by atoms with Crippen LogP contribution >= 0.6 is 0 Å². The average Bonchev–Trinajstić information content (AvgIpc) is 2.63. The summed E-state index contributed by atoms with van der Waals surface area (Å²) in [6.07, 6.45) is 8.32. The van der Waals surface area contributed by atoms with E-state index in [0.29, 0.717) is 11.6 Å². The van der Waals surface area contributed by atoms with Crippen LogP contribution in [0.25, 0.3) is 0 Å². The predicted octanol–water partition coefficient (Wildman–Crippen LogP) is 2.58. The summed E-state index contributed by atoms with van der Waals surface area (Å²) in [6.45, 7) is 2.90. The Morgan fingerprint density at radius 3 is 3.06 bits per heavy atom. The number of aromatic nitrogens is 1. The van der Waals surface area contributed by atoms with Crippen molar-refractivity contribution in [1.82, 2.24) is 9.88 Å². The van der Waals surface area contributed by atoms with Crippen LogP contribution in [0.15, 0.2) is 18.5 Å². The van der Waals surface area contributed by atoms with Gasteiger partial charge in [0.15, 0.2) is 0 Å². The number of rotatable bonds is 2. The number of aromatic hydroxyl groups is 1. The van der Waals surface area contributed by atoms with Crippen molar-refractivity contribution in [2.45, 2.75) is 45.1 Å². The second-order valence-corrected chi connectivity index (χ2v) is 4.80. The van der Waals surface area contributed by atoms with E-state index in [-0.39, 0.29) is 11.7 Å². The highest BCUT2D eigenvalue weighted by molar-refractivity contribution is 5.96. The van der Waals surface area contributed by atoms with Gasteiger partial charge in [-0.3, -0.25) is 9.78 Å². The highest BCUT2D eigenvalue weighted by atomic mass is 16.3. The number of hydrogen-bond acceptors (Lipinski definition) is 3. The van der Waals surface area contributed by atoms with Crippen molar-refractivity contribution in [2.75, 3.05) is 6.54 Å². The van der Waals surface area contributed by atoms with Crippen molar-refractivity contribution in [3.8, 4) is 5.75 Å². The summed E-state index contributed by atoms with van der Waals surface area (Å²) in [5.74, 6) is -0.0924. The molecule has 1 N–H and O–H groups in total. The van der Waals surface area contributed by atoms with Crippen LogP contribution in [0.2, 0.25) is 0 Å². The van der Waals surface area contributed by atoms with E-state index in [9.17, 15) is 9.90 Å². The summed E-state index contributed by atoms with van der Waals surface area (Å²) >= 11 is 0. The van der Waals surface area contributed by atoms with Gasteiger partial charge in [-0.15, -0.1) is 0 Å².